The van der Waals surface area contributed by atoms with Gasteiger partial charge in [0.1, 0.15) is 33.6 Å². The lowest BCUT2D eigenvalue weighted by Crippen LogP contribution is -2.41. The van der Waals surface area contributed by atoms with Crippen LogP contribution in [0.1, 0.15) is 27.4 Å². The molecule has 5 aromatic heterocycles. The molecule has 0 saturated carbocycles. The quantitative estimate of drug-likeness (QED) is 0.126. The molecule has 2 amide bonds. The molecular formula is C29H29N13O7S. The molecule has 0 unspecified atom stereocenters. The number of carbonyl (C=O) groups is 2. The number of nitrogens with two attached hydrogens (primary N) is 1. The van der Waals surface area contributed by atoms with Crippen molar-refractivity contribution in [2.45, 2.75) is 31.0 Å². The van der Waals surface area contributed by atoms with Gasteiger partial charge in [0.05, 0.1) is 12.7 Å². The maximum absolute atomic E-state index is 13.2. The zero-order valence-electron chi connectivity index (χ0n) is 26.8. The zero-order valence-corrected chi connectivity index (χ0v) is 27.6. The van der Waals surface area contributed by atoms with Gasteiger partial charge in [-0.05, 0) is 12.1 Å². The van der Waals surface area contributed by atoms with Crippen molar-refractivity contribution in [3.05, 3.63) is 67.8 Å². The van der Waals surface area contributed by atoms with Crippen LogP contribution >= 0.6 is 11.3 Å². The first-order valence-corrected chi connectivity index (χ1v) is 15.8. The normalized spacial score (nSPS) is 19.0. The number of aromatic nitrogens is 10. The highest BCUT2D eigenvalue weighted by molar-refractivity contribution is 7.14. The molecule has 1 aliphatic rings. The molecule has 0 bridgehead atoms. The number of nitrogen functional groups attached to an aromatic ring is 1. The predicted octanol–water partition coefficient (Wildman–Crippen LogP) is -1.58. The van der Waals surface area contributed by atoms with E-state index in [0.717, 1.165) is 4.57 Å². The van der Waals surface area contributed by atoms with Gasteiger partial charge in [-0.1, -0.05) is 23.5 Å². The molecule has 0 radical (unpaired) electrons. The highest BCUT2D eigenvalue weighted by atomic mass is 32.1. The molecular weight excluding hydrogens is 674 g/mol. The number of hydrogen-bond donors (Lipinski definition) is 5. The third-order valence-electron chi connectivity index (χ3n) is 8.43. The number of likely N-dealkylation sites (N-methyl/N-ethyl adjacent to an activating group) is 1. The lowest BCUT2D eigenvalue weighted by atomic mass is 10.1. The largest absolute Gasteiger partial charge is 0.387 e. The van der Waals surface area contributed by atoms with Crippen molar-refractivity contribution in [3.63, 3.8) is 0 Å². The van der Waals surface area contributed by atoms with Gasteiger partial charge in [0.15, 0.2) is 35.0 Å². The van der Waals surface area contributed by atoms with Gasteiger partial charge < -0.3 is 30.6 Å². The van der Waals surface area contributed by atoms with Gasteiger partial charge in [0.25, 0.3) is 17.4 Å². The Kier molecular flexibility index (Phi) is 7.97. The minimum atomic E-state index is -1.51. The van der Waals surface area contributed by atoms with Crippen LogP contribution < -0.4 is 27.6 Å². The van der Waals surface area contributed by atoms with E-state index < -0.39 is 47.6 Å². The summed E-state index contributed by atoms with van der Waals surface area (Å²) in [6.45, 7) is 0. The number of amides is 2. The third kappa shape index (κ3) is 5.28. The summed E-state index contributed by atoms with van der Waals surface area (Å²) in [7, 11) is 6.05. The minimum absolute atomic E-state index is 0.0625. The number of hydrogen-bond acceptors (Lipinski definition) is 15. The average Bonchev–Trinajstić information content (AvgIpc) is 3.89. The molecule has 21 heteroatoms. The second-order valence-electron chi connectivity index (χ2n) is 11.5. The first-order chi connectivity index (χ1) is 23.9. The second kappa shape index (κ2) is 12.2. The average molecular weight is 704 g/mol. The number of carbonyl (C=O) groups excluding carboxylic acids is 2. The van der Waals surface area contributed by atoms with Crippen molar-refractivity contribution in [2.24, 2.45) is 21.1 Å². The van der Waals surface area contributed by atoms with Crippen LogP contribution in [0.25, 0.3) is 32.9 Å². The number of nitrogens with one attached hydrogen (secondary N) is 2. The van der Waals surface area contributed by atoms with E-state index in [9.17, 15) is 29.4 Å². The predicted molar refractivity (Wildman–Crippen MR) is 177 cm³/mol. The topological polar surface area (TPSA) is 265 Å². The van der Waals surface area contributed by atoms with E-state index in [0.29, 0.717) is 26.9 Å². The molecule has 0 aliphatic carbocycles. The first-order valence-electron chi connectivity index (χ1n) is 15.0. The molecule has 1 fully saturated rings. The summed E-state index contributed by atoms with van der Waals surface area (Å²) < 4.78 is 10.9. The Hall–Kier alpha value is -5.90. The number of benzene rings is 1. The molecule has 50 heavy (non-hydrogen) atoms. The Balaban J connectivity index is 1.07. The smallest absolute Gasteiger partial charge is 0.332 e. The molecule has 1 aromatic carbocycles. The van der Waals surface area contributed by atoms with Crippen LogP contribution in [0.5, 0.6) is 0 Å². The van der Waals surface area contributed by atoms with Crippen molar-refractivity contribution in [1.29, 1.82) is 0 Å². The van der Waals surface area contributed by atoms with Crippen molar-refractivity contribution >= 4 is 57.2 Å². The number of fused-ring (bicyclic) bond motifs is 2. The summed E-state index contributed by atoms with van der Waals surface area (Å²) in [6.07, 6.45) is -4.02. The lowest BCUT2D eigenvalue weighted by molar-refractivity contribution is -0.137. The first kappa shape index (κ1) is 32.6. The monoisotopic (exact) mass is 703 g/mol. The Bertz CT molecular complexity index is 2450. The van der Waals surface area contributed by atoms with Gasteiger partial charge in [0, 0.05) is 39.3 Å². The van der Waals surface area contributed by atoms with Crippen LogP contribution in [0.15, 0.2) is 40.2 Å². The van der Waals surface area contributed by atoms with E-state index >= 15 is 0 Å². The van der Waals surface area contributed by atoms with Crippen LogP contribution in [-0.2, 0) is 37.1 Å². The van der Waals surface area contributed by atoms with Gasteiger partial charge in [-0.2, -0.15) is 9.97 Å². The van der Waals surface area contributed by atoms with Crippen molar-refractivity contribution in [2.75, 3.05) is 18.1 Å². The standard InChI is InChI=1S/C29H29N13O7S/c1-31-24(46)19-17(43)18(44)27(49-19)42-10-32-15-20(30)34-28(35-21(15)42)36-23(45)11-5-7-12(8-6-11)25-38-37-14(50-25)9-13-33-22-16(39(13)2)26(47)41(4)29(48)40(22)3/h5-8,10,17-19,27,43-44H,9H2,1-4H3,(H,31,46)(H3,30,34,35,36,45)/t17-,18+,19+,27+/m0/s1. The highest BCUT2D eigenvalue weighted by Gasteiger charge is 2.47. The van der Waals surface area contributed by atoms with Gasteiger partial charge in [-0.3, -0.25) is 33.4 Å². The fourth-order valence-corrected chi connectivity index (χ4v) is 6.51. The van der Waals surface area contributed by atoms with Gasteiger partial charge in [-0.25, -0.2) is 14.8 Å². The van der Waals surface area contributed by atoms with E-state index in [1.807, 2.05) is 0 Å². The molecule has 7 rings (SSSR count). The minimum Gasteiger partial charge on any atom is -0.387 e. The van der Waals surface area contributed by atoms with Crippen LogP contribution in [-0.4, -0.2) is 95.8 Å². The summed E-state index contributed by atoms with van der Waals surface area (Å²) in [5, 5.41) is 35.7. The Labute approximate surface area is 283 Å². The molecule has 4 atom stereocenters. The summed E-state index contributed by atoms with van der Waals surface area (Å²) in [5.74, 6) is -0.850. The molecule has 258 valence electrons. The van der Waals surface area contributed by atoms with Crippen molar-refractivity contribution < 1.29 is 24.5 Å². The summed E-state index contributed by atoms with van der Waals surface area (Å²) in [5.41, 5.74) is 6.99. The van der Waals surface area contributed by atoms with E-state index in [-0.39, 0.29) is 40.6 Å². The number of rotatable bonds is 7. The Morgan fingerprint density at radius 2 is 1.72 bits per heavy atom. The SMILES string of the molecule is CNC(=O)[C@@H]1O[C@@H](n2cnc3c(N)nc(NC(=O)c4ccc(-c5nnc(Cc6nc7c(c(=O)n(C)c(=O)n7C)n6C)s5)cc4)nc32)[C@H](O)[C@@H]1O. The fourth-order valence-electron chi connectivity index (χ4n) is 5.67. The Morgan fingerprint density at radius 1 is 0.980 bits per heavy atom. The summed E-state index contributed by atoms with van der Waals surface area (Å²) in [6, 6.07) is 6.58. The Morgan fingerprint density at radius 3 is 2.44 bits per heavy atom. The molecule has 20 nitrogen and oxygen atoms in total. The van der Waals surface area contributed by atoms with E-state index in [4.69, 9.17) is 10.5 Å². The molecule has 1 aliphatic heterocycles. The van der Waals surface area contributed by atoms with E-state index in [1.165, 1.54) is 40.9 Å². The van der Waals surface area contributed by atoms with E-state index in [2.05, 4.69) is 40.8 Å². The number of ether oxygens (including phenoxy) is 1. The number of anilines is 2. The second-order valence-corrected chi connectivity index (χ2v) is 12.5. The molecule has 0 spiro atoms. The molecule has 6 aromatic rings. The lowest BCUT2D eigenvalue weighted by Gasteiger charge is -2.16. The van der Waals surface area contributed by atoms with Crippen LogP contribution in [0.2, 0.25) is 0 Å². The maximum atomic E-state index is 13.2. The van der Waals surface area contributed by atoms with Crippen LogP contribution in [0.4, 0.5) is 11.8 Å². The van der Waals surface area contributed by atoms with Gasteiger partial charge in [-0.15, -0.1) is 10.2 Å². The third-order valence-corrected chi connectivity index (χ3v) is 9.40. The zero-order chi connectivity index (χ0) is 35.6. The number of aryl methyl sites for hydroxylation is 2. The highest BCUT2D eigenvalue weighted by Crippen LogP contribution is 2.33. The number of nitrogens with zero attached hydrogens (tertiary/aromatic N) is 10. The molecule has 6 N–H and O–H groups in total. The molecule has 1 saturated heterocycles. The van der Waals surface area contributed by atoms with E-state index in [1.54, 1.807) is 42.9 Å². The number of aliphatic hydroxyl groups excluding tert-OH is 2. The van der Waals surface area contributed by atoms with Gasteiger partial charge in [0.2, 0.25) is 5.95 Å². The number of aliphatic hydroxyl groups is 2. The van der Waals surface area contributed by atoms with Gasteiger partial charge >= 0.3 is 5.69 Å². The van der Waals surface area contributed by atoms with Crippen LogP contribution in [0, 0.1) is 0 Å². The van der Waals surface area contributed by atoms with Crippen molar-refractivity contribution in [3.8, 4) is 10.6 Å². The van der Waals surface area contributed by atoms with Crippen molar-refractivity contribution in [1.82, 2.24) is 53.7 Å². The fraction of sp³-hybridized carbons (Fsp3) is 0.310. The maximum Gasteiger partial charge on any atom is 0.332 e. The van der Waals surface area contributed by atoms with Crippen LogP contribution in [0.3, 0.4) is 0 Å². The summed E-state index contributed by atoms with van der Waals surface area (Å²) in [4.78, 5) is 67.5. The summed E-state index contributed by atoms with van der Waals surface area (Å²) >= 11 is 1.31. The molecule has 6 heterocycles. The number of imidazole rings is 2.